The van der Waals surface area contributed by atoms with Crippen LogP contribution in [0.2, 0.25) is 5.02 Å². The van der Waals surface area contributed by atoms with E-state index in [4.69, 9.17) is 16.3 Å². The number of esters is 1. The minimum absolute atomic E-state index is 0.0766. The van der Waals surface area contributed by atoms with Crippen LogP contribution in [0.4, 0.5) is 0 Å². The number of unbranched alkanes of at least 4 members (excludes halogenated alkanes) is 1. The Morgan fingerprint density at radius 3 is 2.80 bits per heavy atom. The van der Waals surface area contributed by atoms with E-state index in [1.54, 1.807) is 30.3 Å². The molecule has 1 saturated heterocycles. The lowest BCUT2D eigenvalue weighted by atomic mass is 9.89. The first-order valence-corrected chi connectivity index (χ1v) is 11.9. The Balaban J connectivity index is 1.43. The monoisotopic (exact) mass is 454 g/mol. The van der Waals surface area contributed by atoms with Crippen molar-refractivity contribution in [3.63, 3.8) is 0 Å². The molecule has 7 heteroatoms. The molecule has 1 aliphatic carbocycles. The number of aliphatic hydroxyl groups is 2. The number of carbonyl (C=O) groups excluding carboxylic acids is 1. The number of aliphatic hydroxyl groups excluding tert-OH is 2. The second kappa shape index (κ2) is 11.4. The Kier molecular flexibility index (Phi) is 8.93. The fourth-order valence-electron chi connectivity index (χ4n) is 4.40. The van der Waals surface area contributed by atoms with Gasteiger partial charge in [0.25, 0.3) is 0 Å². The molecule has 5 nitrogen and oxygen atoms in total. The van der Waals surface area contributed by atoms with E-state index in [1.807, 2.05) is 17.8 Å². The number of halogens is 1. The third-order valence-corrected chi connectivity index (χ3v) is 7.92. The number of benzene rings is 1. The van der Waals surface area contributed by atoms with Gasteiger partial charge in [0.2, 0.25) is 0 Å². The fourth-order valence-corrected chi connectivity index (χ4v) is 6.46. The van der Waals surface area contributed by atoms with Crippen LogP contribution >= 0.6 is 23.4 Å². The van der Waals surface area contributed by atoms with Gasteiger partial charge in [-0.1, -0.05) is 30.2 Å². The van der Waals surface area contributed by atoms with Crippen molar-refractivity contribution in [3.05, 3.63) is 41.4 Å². The van der Waals surface area contributed by atoms with Crippen LogP contribution in [0, 0.1) is 11.8 Å². The second-order valence-electron chi connectivity index (χ2n) is 8.12. The molecule has 1 unspecified atom stereocenters. The van der Waals surface area contributed by atoms with Crippen LogP contribution in [0.5, 0.6) is 5.75 Å². The molecular formula is C23H31ClO5S. The maximum absolute atomic E-state index is 11.2. The number of hydrogen-bond acceptors (Lipinski definition) is 6. The van der Waals surface area contributed by atoms with Crippen LogP contribution in [0.15, 0.2) is 36.4 Å². The van der Waals surface area contributed by atoms with Crippen molar-refractivity contribution in [3.8, 4) is 5.75 Å². The summed E-state index contributed by atoms with van der Waals surface area (Å²) in [4.78, 5) is 11.2. The number of thioether (sulfide) groups is 1. The molecule has 1 saturated carbocycles. The maximum Gasteiger partial charge on any atom is 0.305 e. The van der Waals surface area contributed by atoms with Crippen molar-refractivity contribution >= 4 is 29.3 Å². The molecule has 1 aromatic carbocycles. The van der Waals surface area contributed by atoms with Crippen molar-refractivity contribution in [2.75, 3.05) is 13.7 Å². The molecule has 2 aliphatic rings. The van der Waals surface area contributed by atoms with Gasteiger partial charge in [0, 0.05) is 27.9 Å². The Bertz CT molecular complexity index is 710. The van der Waals surface area contributed by atoms with E-state index in [-0.39, 0.29) is 24.6 Å². The van der Waals surface area contributed by atoms with E-state index in [1.165, 1.54) is 7.11 Å². The highest BCUT2D eigenvalue weighted by Crippen LogP contribution is 2.52. The Morgan fingerprint density at radius 2 is 2.07 bits per heavy atom. The van der Waals surface area contributed by atoms with E-state index >= 15 is 0 Å². The Morgan fingerprint density at radius 1 is 1.30 bits per heavy atom. The average Bonchev–Trinajstić information content (AvgIpc) is 3.25. The SMILES string of the molecule is COC(=O)CCCCC1C[C@@H]2[C@@H](/C=C/[C@@H](O)COc3ccc(Cl)cc3)[C@H](O)C[C@H]2S1. The molecule has 1 heterocycles. The molecular weight excluding hydrogens is 424 g/mol. The largest absolute Gasteiger partial charge is 0.491 e. The lowest BCUT2D eigenvalue weighted by Crippen LogP contribution is -2.20. The summed E-state index contributed by atoms with van der Waals surface area (Å²) in [5.74, 6) is 1.04. The summed E-state index contributed by atoms with van der Waals surface area (Å²) in [6, 6.07) is 7.03. The van der Waals surface area contributed by atoms with Gasteiger partial charge in [-0.15, -0.1) is 0 Å². The molecule has 30 heavy (non-hydrogen) atoms. The van der Waals surface area contributed by atoms with Crippen LogP contribution in [0.25, 0.3) is 0 Å². The molecule has 6 atom stereocenters. The summed E-state index contributed by atoms with van der Waals surface area (Å²) in [5, 5.41) is 22.4. The fraction of sp³-hybridized carbons (Fsp3) is 0.609. The lowest BCUT2D eigenvalue weighted by molar-refractivity contribution is -0.140. The summed E-state index contributed by atoms with van der Waals surface area (Å²) in [7, 11) is 1.43. The van der Waals surface area contributed by atoms with Crippen molar-refractivity contribution in [2.24, 2.45) is 11.8 Å². The molecule has 1 aromatic rings. The van der Waals surface area contributed by atoms with E-state index in [2.05, 4.69) is 4.74 Å². The van der Waals surface area contributed by atoms with Gasteiger partial charge in [-0.05, 0) is 55.9 Å². The minimum atomic E-state index is -0.727. The molecule has 2 N–H and O–H groups in total. The zero-order valence-corrected chi connectivity index (χ0v) is 18.9. The molecule has 0 radical (unpaired) electrons. The van der Waals surface area contributed by atoms with Crippen molar-refractivity contribution in [1.82, 2.24) is 0 Å². The van der Waals surface area contributed by atoms with Crippen molar-refractivity contribution in [2.45, 2.75) is 61.2 Å². The molecule has 3 rings (SSSR count). The van der Waals surface area contributed by atoms with Crippen LogP contribution in [0.3, 0.4) is 0 Å². The first kappa shape index (κ1) is 23.5. The van der Waals surface area contributed by atoms with E-state index in [0.717, 1.165) is 32.1 Å². The van der Waals surface area contributed by atoms with Gasteiger partial charge in [-0.3, -0.25) is 4.79 Å². The summed E-state index contributed by atoms with van der Waals surface area (Å²) < 4.78 is 10.3. The van der Waals surface area contributed by atoms with E-state index < -0.39 is 6.10 Å². The van der Waals surface area contributed by atoms with Crippen LogP contribution in [0.1, 0.15) is 38.5 Å². The summed E-state index contributed by atoms with van der Waals surface area (Å²) >= 11 is 7.85. The molecule has 166 valence electrons. The summed E-state index contributed by atoms with van der Waals surface area (Å²) in [6.45, 7) is 0.159. The molecule has 0 aromatic heterocycles. The highest BCUT2D eigenvalue weighted by atomic mass is 35.5. The molecule has 0 spiro atoms. The molecule has 1 aliphatic heterocycles. The number of fused-ring (bicyclic) bond motifs is 1. The highest BCUT2D eigenvalue weighted by Gasteiger charge is 2.47. The third-order valence-electron chi connectivity index (χ3n) is 5.97. The standard InChI is InChI=1S/C23H31ClO5S/c1-28-23(27)5-3-2-4-18-12-20-19(21(26)13-22(20)30-18)11-8-16(25)14-29-17-9-6-15(24)7-10-17/h6-11,16,18-22,25-26H,2-5,12-14H2,1H3/b11-8+/t16-,18?,19-,20-,21-,22-/m1/s1. The molecule has 2 fully saturated rings. The van der Waals surface area contributed by atoms with Gasteiger partial charge in [0.15, 0.2) is 0 Å². The normalized spacial score (nSPS) is 29.1. The van der Waals surface area contributed by atoms with Crippen LogP contribution in [-0.2, 0) is 9.53 Å². The minimum Gasteiger partial charge on any atom is -0.491 e. The molecule has 0 bridgehead atoms. The summed E-state index contributed by atoms with van der Waals surface area (Å²) in [5.41, 5.74) is 0. The maximum atomic E-state index is 11.2. The average molecular weight is 455 g/mol. The predicted molar refractivity (Wildman–Crippen MR) is 120 cm³/mol. The number of ether oxygens (including phenoxy) is 2. The number of rotatable bonds is 10. The van der Waals surface area contributed by atoms with Crippen LogP contribution < -0.4 is 4.74 Å². The quantitative estimate of drug-likeness (QED) is 0.313. The van der Waals surface area contributed by atoms with Gasteiger partial charge < -0.3 is 19.7 Å². The number of carbonyl (C=O) groups is 1. The van der Waals surface area contributed by atoms with Gasteiger partial charge in [0.05, 0.1) is 13.2 Å². The zero-order chi connectivity index (χ0) is 21.5. The number of methoxy groups -OCH3 is 1. The second-order valence-corrected chi connectivity index (χ2v) is 10.1. The Labute approximate surface area is 187 Å². The molecule has 0 amide bonds. The third kappa shape index (κ3) is 6.64. The lowest BCUT2D eigenvalue weighted by Gasteiger charge is -2.19. The topological polar surface area (TPSA) is 76.0 Å². The zero-order valence-electron chi connectivity index (χ0n) is 17.3. The van der Waals surface area contributed by atoms with Gasteiger partial charge in [-0.2, -0.15) is 11.8 Å². The Hall–Kier alpha value is -1.21. The van der Waals surface area contributed by atoms with Gasteiger partial charge in [-0.25, -0.2) is 0 Å². The smallest absolute Gasteiger partial charge is 0.305 e. The number of hydrogen-bond donors (Lipinski definition) is 2. The summed E-state index contributed by atoms with van der Waals surface area (Å²) in [6.07, 6.45) is 8.01. The predicted octanol–water partition coefficient (Wildman–Crippen LogP) is 4.24. The van der Waals surface area contributed by atoms with E-state index in [0.29, 0.717) is 33.6 Å². The van der Waals surface area contributed by atoms with E-state index in [9.17, 15) is 15.0 Å². The van der Waals surface area contributed by atoms with Gasteiger partial charge in [0.1, 0.15) is 18.5 Å². The first-order valence-electron chi connectivity index (χ1n) is 10.6. The van der Waals surface area contributed by atoms with Crippen LogP contribution in [-0.4, -0.2) is 52.6 Å². The first-order chi connectivity index (χ1) is 14.5. The van der Waals surface area contributed by atoms with Crippen molar-refractivity contribution in [1.29, 1.82) is 0 Å². The highest BCUT2D eigenvalue weighted by molar-refractivity contribution is 8.00. The van der Waals surface area contributed by atoms with Gasteiger partial charge >= 0.3 is 5.97 Å². The van der Waals surface area contributed by atoms with Crippen molar-refractivity contribution < 1.29 is 24.5 Å².